The summed E-state index contributed by atoms with van der Waals surface area (Å²) in [6.07, 6.45) is 2.23. The Bertz CT molecular complexity index is 421. The molecule has 1 fully saturated rings. The van der Waals surface area contributed by atoms with Gasteiger partial charge in [-0.3, -0.25) is 4.79 Å². The van der Waals surface area contributed by atoms with Gasteiger partial charge in [0.05, 0.1) is 24.5 Å². The summed E-state index contributed by atoms with van der Waals surface area (Å²) < 4.78 is 4.95. The van der Waals surface area contributed by atoms with Gasteiger partial charge in [-0.2, -0.15) is 5.26 Å². The fourth-order valence-electron chi connectivity index (χ4n) is 2.60. The second kappa shape index (κ2) is 7.84. The normalized spacial score (nSPS) is 24.3. The van der Waals surface area contributed by atoms with Gasteiger partial charge in [-0.25, -0.2) is 4.79 Å². The minimum absolute atomic E-state index is 0.234. The molecule has 2 unspecified atom stereocenters. The number of nitrogens with one attached hydrogen (secondary N) is 1. The minimum Gasteiger partial charge on any atom is -0.481 e. The molecule has 2 atom stereocenters. The van der Waals surface area contributed by atoms with E-state index in [4.69, 9.17) is 10.00 Å². The van der Waals surface area contributed by atoms with Crippen molar-refractivity contribution in [3.8, 4) is 6.07 Å². The van der Waals surface area contributed by atoms with Gasteiger partial charge in [0.2, 0.25) is 0 Å². The third kappa shape index (κ3) is 4.33. The number of carboxylic acids is 1. The zero-order valence-corrected chi connectivity index (χ0v) is 12.6. The van der Waals surface area contributed by atoms with E-state index in [2.05, 4.69) is 5.32 Å². The lowest BCUT2D eigenvalue weighted by Crippen LogP contribution is -2.52. The maximum atomic E-state index is 12.3. The summed E-state index contributed by atoms with van der Waals surface area (Å²) in [5.41, 5.74) is -0.919. The first-order chi connectivity index (χ1) is 9.95. The van der Waals surface area contributed by atoms with Gasteiger partial charge in [-0.15, -0.1) is 0 Å². The number of hydrogen-bond acceptors (Lipinski definition) is 4. The first-order valence-electron chi connectivity index (χ1n) is 7.10. The van der Waals surface area contributed by atoms with Crippen LogP contribution in [0.2, 0.25) is 0 Å². The smallest absolute Gasteiger partial charge is 0.317 e. The van der Waals surface area contributed by atoms with Crippen LogP contribution in [0.3, 0.4) is 0 Å². The molecule has 0 aliphatic heterocycles. The van der Waals surface area contributed by atoms with E-state index in [1.54, 1.807) is 14.0 Å². The quantitative estimate of drug-likeness (QED) is 0.735. The van der Waals surface area contributed by atoms with Crippen LogP contribution >= 0.6 is 0 Å². The predicted octanol–water partition coefficient (Wildman–Crippen LogP) is 1.20. The molecule has 0 aromatic heterocycles. The number of carbonyl (C=O) groups excluding carboxylic acids is 1. The van der Waals surface area contributed by atoms with Gasteiger partial charge in [0, 0.05) is 26.2 Å². The number of aliphatic carboxylic acids is 1. The van der Waals surface area contributed by atoms with Crippen molar-refractivity contribution >= 4 is 12.0 Å². The van der Waals surface area contributed by atoms with Crippen molar-refractivity contribution < 1.29 is 19.4 Å². The van der Waals surface area contributed by atoms with Crippen molar-refractivity contribution in [2.24, 2.45) is 5.41 Å². The molecule has 1 saturated carbocycles. The predicted molar refractivity (Wildman–Crippen MR) is 75.6 cm³/mol. The van der Waals surface area contributed by atoms with E-state index in [1.165, 1.54) is 4.90 Å². The lowest BCUT2D eigenvalue weighted by Gasteiger charge is -2.30. The molecule has 0 saturated heterocycles. The molecule has 0 heterocycles. The van der Waals surface area contributed by atoms with Gasteiger partial charge in [0.25, 0.3) is 0 Å². The number of hydrogen-bond donors (Lipinski definition) is 2. The number of methoxy groups -OCH3 is 1. The molecule has 0 radical (unpaired) electrons. The van der Waals surface area contributed by atoms with E-state index >= 15 is 0 Å². The first-order valence-corrected chi connectivity index (χ1v) is 7.10. The van der Waals surface area contributed by atoms with Crippen LogP contribution in [0.15, 0.2) is 0 Å². The van der Waals surface area contributed by atoms with Crippen molar-refractivity contribution in [3.05, 3.63) is 0 Å². The second-order valence-corrected chi connectivity index (χ2v) is 5.50. The van der Waals surface area contributed by atoms with Crippen LogP contribution in [-0.2, 0) is 9.53 Å². The van der Waals surface area contributed by atoms with Gasteiger partial charge in [-0.1, -0.05) is 6.42 Å². The van der Waals surface area contributed by atoms with Crippen LogP contribution in [0.25, 0.3) is 0 Å². The molecule has 0 aromatic rings. The third-order valence-electron chi connectivity index (χ3n) is 4.09. The van der Waals surface area contributed by atoms with E-state index < -0.39 is 11.4 Å². The van der Waals surface area contributed by atoms with Crippen LogP contribution < -0.4 is 5.32 Å². The Morgan fingerprint density at radius 3 is 2.81 bits per heavy atom. The lowest BCUT2D eigenvalue weighted by atomic mass is 9.85. The number of nitrogens with zero attached hydrogens (tertiary/aromatic N) is 2. The molecular formula is C14H23N3O4. The number of carbonyl (C=O) groups is 2. The van der Waals surface area contributed by atoms with Crippen molar-refractivity contribution in [2.75, 3.05) is 26.8 Å². The molecule has 1 aliphatic rings. The SMILES string of the molecule is COCCN(CCC#N)C(=O)NC1CCCC1(C)C(=O)O. The monoisotopic (exact) mass is 297 g/mol. The van der Waals surface area contributed by atoms with Gasteiger partial charge in [0.1, 0.15) is 0 Å². The number of rotatable bonds is 7. The summed E-state index contributed by atoms with van der Waals surface area (Å²) in [5.74, 6) is -0.884. The molecule has 2 amide bonds. The fourth-order valence-corrected chi connectivity index (χ4v) is 2.60. The second-order valence-electron chi connectivity index (χ2n) is 5.50. The first kappa shape index (κ1) is 17.2. The van der Waals surface area contributed by atoms with E-state index in [0.717, 1.165) is 6.42 Å². The molecule has 0 bridgehead atoms. The highest BCUT2D eigenvalue weighted by atomic mass is 16.5. The molecule has 21 heavy (non-hydrogen) atoms. The molecule has 7 nitrogen and oxygen atoms in total. The standard InChI is InChI=1S/C14H23N3O4/c1-14(12(18)19)6-3-5-11(14)16-13(20)17(8-4-7-15)9-10-21-2/h11H,3-6,8-10H2,1-2H3,(H,16,20)(H,18,19). The largest absolute Gasteiger partial charge is 0.481 e. The van der Waals surface area contributed by atoms with Gasteiger partial charge in [0.15, 0.2) is 0 Å². The van der Waals surface area contributed by atoms with Gasteiger partial charge >= 0.3 is 12.0 Å². The maximum absolute atomic E-state index is 12.3. The fraction of sp³-hybridized carbons (Fsp3) is 0.786. The zero-order valence-electron chi connectivity index (χ0n) is 12.6. The summed E-state index contributed by atoms with van der Waals surface area (Å²) in [7, 11) is 1.54. The van der Waals surface area contributed by atoms with Crippen molar-refractivity contribution in [2.45, 2.75) is 38.6 Å². The summed E-state index contributed by atoms with van der Waals surface area (Å²) in [6, 6.07) is 1.29. The van der Waals surface area contributed by atoms with Crippen LogP contribution in [0.5, 0.6) is 0 Å². The van der Waals surface area contributed by atoms with Gasteiger partial charge < -0.3 is 20.1 Å². The Labute approximate surface area is 124 Å². The highest BCUT2D eigenvalue weighted by Gasteiger charge is 2.46. The zero-order chi connectivity index (χ0) is 15.9. The minimum atomic E-state index is -0.919. The van der Waals surface area contributed by atoms with E-state index in [1.807, 2.05) is 6.07 Å². The summed E-state index contributed by atoms with van der Waals surface area (Å²) in [6.45, 7) is 2.73. The maximum Gasteiger partial charge on any atom is 0.317 e. The van der Waals surface area contributed by atoms with Crippen LogP contribution in [0.4, 0.5) is 4.79 Å². The molecule has 118 valence electrons. The lowest BCUT2D eigenvalue weighted by molar-refractivity contribution is -0.148. The number of carboxylic acid groups (broad SMARTS) is 1. The van der Waals surface area contributed by atoms with Crippen molar-refractivity contribution in [3.63, 3.8) is 0 Å². The molecule has 7 heteroatoms. The Kier molecular flexibility index (Phi) is 6.43. The highest BCUT2D eigenvalue weighted by molar-refractivity contribution is 5.79. The third-order valence-corrected chi connectivity index (χ3v) is 4.09. The number of ether oxygens (including phenoxy) is 1. The highest BCUT2D eigenvalue weighted by Crippen LogP contribution is 2.38. The number of nitriles is 1. The average Bonchev–Trinajstić information content (AvgIpc) is 2.81. The molecule has 2 N–H and O–H groups in total. The molecule has 0 spiro atoms. The molecular weight excluding hydrogens is 274 g/mol. The van der Waals surface area contributed by atoms with Crippen molar-refractivity contribution in [1.29, 1.82) is 5.26 Å². The number of amides is 2. The Balaban J connectivity index is 2.67. The molecule has 1 rings (SSSR count). The Morgan fingerprint density at radius 1 is 1.52 bits per heavy atom. The van der Waals surface area contributed by atoms with E-state index in [-0.39, 0.29) is 18.5 Å². The molecule has 1 aliphatic carbocycles. The summed E-state index contributed by atoms with van der Waals surface area (Å²) >= 11 is 0. The van der Waals surface area contributed by atoms with E-state index in [0.29, 0.717) is 32.5 Å². The van der Waals surface area contributed by atoms with Crippen LogP contribution in [0, 0.1) is 16.7 Å². The van der Waals surface area contributed by atoms with Crippen LogP contribution in [0.1, 0.15) is 32.6 Å². The topological polar surface area (TPSA) is 103 Å². The average molecular weight is 297 g/mol. The number of urea groups is 1. The summed E-state index contributed by atoms with van der Waals surface area (Å²) in [4.78, 5) is 25.2. The Morgan fingerprint density at radius 2 is 2.24 bits per heavy atom. The van der Waals surface area contributed by atoms with Crippen molar-refractivity contribution in [1.82, 2.24) is 10.2 Å². The Hall–Kier alpha value is -1.81. The van der Waals surface area contributed by atoms with Gasteiger partial charge in [-0.05, 0) is 19.8 Å². The molecule has 0 aromatic carbocycles. The summed E-state index contributed by atoms with van der Waals surface area (Å²) in [5, 5.41) is 20.8. The van der Waals surface area contributed by atoms with Crippen LogP contribution in [-0.4, -0.2) is 54.9 Å². The van der Waals surface area contributed by atoms with E-state index in [9.17, 15) is 14.7 Å².